The smallest absolute Gasteiger partial charge is 0.137 e. The minimum absolute atomic E-state index is 1.51. The van der Waals surface area contributed by atoms with E-state index < -0.39 is 0 Å². The van der Waals surface area contributed by atoms with Crippen molar-refractivity contribution in [3.8, 4) is 0 Å². The lowest BCUT2D eigenvalue weighted by molar-refractivity contribution is 3.00. The van der Waals surface area contributed by atoms with Gasteiger partial charge in [0.1, 0.15) is 0 Å². The Kier molecular flexibility index (Phi) is 1.93. The highest BCUT2D eigenvalue weighted by Gasteiger charge is 1.43. The van der Waals surface area contributed by atoms with Gasteiger partial charge in [0.05, 0.1) is 0 Å². The number of rotatable bonds is 0. The van der Waals surface area contributed by atoms with Crippen LogP contribution in [0.2, 0.25) is 0 Å². The van der Waals surface area contributed by atoms with E-state index in [1.807, 2.05) is 0 Å². The van der Waals surface area contributed by atoms with Crippen LogP contribution in [-0.2, 0) is 0 Å². The van der Waals surface area contributed by atoms with E-state index in [0.717, 1.165) is 0 Å². The molecule has 1 aromatic rings. The van der Waals surface area contributed by atoms with E-state index in [2.05, 4.69) is 5.53 Å². The molecule has 1 rings (SSSR count). The van der Waals surface area contributed by atoms with Gasteiger partial charge >= 0.3 is 0 Å². The van der Waals surface area contributed by atoms with Gasteiger partial charge < -0.3 is 0 Å². The first-order chi connectivity index (χ1) is 2.50. The van der Waals surface area contributed by atoms with Crippen LogP contribution in [0.15, 0.2) is 5.53 Å². The van der Waals surface area contributed by atoms with Crippen molar-refractivity contribution in [3.63, 3.8) is 0 Å². The Morgan fingerprint density at radius 2 is 2.60 bits per heavy atom. The Morgan fingerprint density at radius 1 is 1.60 bits per heavy atom. The van der Waals surface area contributed by atoms with Crippen molar-refractivity contribution in [2.75, 3.05) is 0 Å². The van der Waals surface area contributed by atoms with Crippen molar-refractivity contribution in [1.29, 1.82) is 0 Å². The summed E-state index contributed by atoms with van der Waals surface area (Å²) in [6, 6.07) is 0. The van der Waals surface area contributed by atoms with E-state index in [1.165, 1.54) is 15.7 Å². The fourth-order valence-electron chi connectivity index (χ4n) is 0.115. The zero-order chi connectivity index (χ0) is 3.54. The SMILES string of the molecule is c1ppp[p-]1. The third kappa shape index (κ3) is 1.30. The van der Waals surface area contributed by atoms with Crippen LogP contribution in [0.25, 0.3) is 0 Å². The minimum Gasteiger partial charge on any atom is -0.273 e. The summed E-state index contributed by atoms with van der Waals surface area (Å²) in [7, 11) is 6.16. The molecule has 0 bridgehead atoms. The normalized spacial score (nSPS) is 14.4. The Morgan fingerprint density at radius 3 is 2.80 bits per heavy atom. The molecule has 26 valence electrons. The molecule has 0 aliphatic heterocycles. The molecule has 1 heterocycles. The van der Waals surface area contributed by atoms with E-state index in [4.69, 9.17) is 0 Å². The lowest BCUT2D eigenvalue weighted by Gasteiger charge is -1.55. The van der Waals surface area contributed by atoms with E-state index in [-0.39, 0.29) is 0 Å². The molecule has 0 saturated heterocycles. The van der Waals surface area contributed by atoms with Gasteiger partial charge in [-0.3, -0.25) is 7.87 Å². The van der Waals surface area contributed by atoms with E-state index in [9.17, 15) is 0 Å². The highest BCUT2D eigenvalue weighted by molar-refractivity contribution is 8.33. The highest BCUT2D eigenvalue weighted by Crippen LogP contribution is 2.39. The van der Waals surface area contributed by atoms with Crippen molar-refractivity contribution >= 4 is 30.8 Å². The monoisotopic (exact) mass is 137 g/mol. The minimum atomic E-state index is 1.51. The van der Waals surface area contributed by atoms with Crippen LogP contribution < -0.4 is 0 Å². The van der Waals surface area contributed by atoms with Gasteiger partial charge in [-0.05, 0) is 0 Å². The third-order valence-electron chi connectivity index (χ3n) is 0.247. The zero-order valence-electron chi connectivity index (χ0n) is 2.37. The summed E-state index contributed by atoms with van der Waals surface area (Å²) in [6.07, 6.45) is 0. The Bertz CT molecular complexity index is 60.1. The summed E-state index contributed by atoms with van der Waals surface area (Å²) in [5.74, 6) is 0. The molecule has 0 radical (unpaired) electrons. The van der Waals surface area contributed by atoms with Gasteiger partial charge in [-0.1, -0.05) is 0 Å². The molecule has 0 amide bonds. The summed E-state index contributed by atoms with van der Waals surface area (Å²) in [6.45, 7) is 0. The fraction of sp³-hybridized carbons (Fsp3) is 0. The molecule has 0 aliphatic carbocycles. The fourth-order valence-corrected chi connectivity index (χ4v) is 9.35. The van der Waals surface area contributed by atoms with Crippen LogP contribution >= 0.6 is 30.8 Å². The number of hydrogen-bond donors (Lipinski definition) is 0. The van der Waals surface area contributed by atoms with Gasteiger partial charge in [0.15, 0.2) is 0 Å². The lowest BCUT2D eigenvalue weighted by atomic mass is 11.9. The van der Waals surface area contributed by atoms with Crippen molar-refractivity contribution < 1.29 is 0 Å². The molecule has 0 aliphatic rings. The standard InChI is InChI=1S/CHP4/c1-2-4-5-3-1/h1H/q-1. The van der Waals surface area contributed by atoms with Crippen LogP contribution in [0, 0.1) is 0 Å². The predicted molar refractivity (Wildman–Crippen MR) is 32.1 cm³/mol. The molecule has 0 saturated carbocycles. The van der Waals surface area contributed by atoms with Crippen LogP contribution in [0.3, 0.4) is 0 Å². The molecule has 0 atom stereocenters. The Balaban J connectivity index is 3.13. The van der Waals surface area contributed by atoms with Crippen molar-refractivity contribution in [1.82, 2.24) is 0 Å². The van der Waals surface area contributed by atoms with Crippen LogP contribution in [0.4, 0.5) is 0 Å². The number of hydrogen-bond acceptors (Lipinski definition) is 0. The Labute approximate surface area is 37.1 Å². The molecule has 1 aromatic heterocycles. The maximum atomic E-state index is 2.28. The largest absolute Gasteiger partial charge is 0.273 e. The van der Waals surface area contributed by atoms with E-state index >= 15 is 0 Å². The molecule has 0 unspecified atom stereocenters. The molecular weight excluding hydrogens is 136 g/mol. The quantitative estimate of drug-likeness (QED) is 0.510. The molecule has 5 heavy (non-hydrogen) atoms. The second kappa shape index (κ2) is 2.28. The van der Waals surface area contributed by atoms with E-state index in [0.29, 0.717) is 0 Å². The second-order valence-corrected chi connectivity index (χ2v) is 7.95. The van der Waals surface area contributed by atoms with Crippen molar-refractivity contribution in [2.45, 2.75) is 0 Å². The molecule has 0 aromatic carbocycles. The van der Waals surface area contributed by atoms with E-state index in [1.54, 1.807) is 15.1 Å². The summed E-state index contributed by atoms with van der Waals surface area (Å²) in [4.78, 5) is 0. The molecule has 0 N–H and O–H groups in total. The molecule has 4 heteroatoms. The van der Waals surface area contributed by atoms with Crippen molar-refractivity contribution in [3.05, 3.63) is 5.53 Å². The van der Waals surface area contributed by atoms with Crippen LogP contribution in [0.5, 0.6) is 0 Å². The van der Waals surface area contributed by atoms with Gasteiger partial charge in [-0.15, -0.1) is 5.53 Å². The van der Waals surface area contributed by atoms with Gasteiger partial charge in [-0.2, -0.15) is 7.55 Å². The first kappa shape index (κ1) is 4.23. The summed E-state index contributed by atoms with van der Waals surface area (Å²) in [5.41, 5.74) is 2.28. The third-order valence-corrected chi connectivity index (χ3v) is 8.82. The van der Waals surface area contributed by atoms with Crippen LogP contribution in [-0.4, -0.2) is 0 Å². The maximum Gasteiger partial charge on any atom is -0.137 e. The maximum absolute atomic E-state index is 2.28. The van der Waals surface area contributed by atoms with Gasteiger partial charge in [0.25, 0.3) is 0 Å². The van der Waals surface area contributed by atoms with Crippen LogP contribution in [0.1, 0.15) is 0 Å². The highest BCUT2D eigenvalue weighted by atomic mass is 32.3. The molecular formula is CHP4-. The molecule has 0 fully saturated rings. The Hall–Kier alpha value is 1.07. The van der Waals surface area contributed by atoms with Gasteiger partial charge in [-0.25, -0.2) is 15.4 Å². The first-order valence-corrected chi connectivity index (χ1v) is 6.95. The molecule has 0 nitrogen and oxygen atoms in total. The second-order valence-electron chi connectivity index (χ2n) is 0.525. The first-order valence-electron chi connectivity index (χ1n) is 1.12. The van der Waals surface area contributed by atoms with Crippen molar-refractivity contribution in [2.24, 2.45) is 0 Å². The predicted octanol–water partition coefficient (Wildman–Crippen LogP) is 3.73. The molecule has 0 spiro atoms. The summed E-state index contributed by atoms with van der Waals surface area (Å²) in [5, 5.41) is 0. The van der Waals surface area contributed by atoms with Gasteiger partial charge in [0.2, 0.25) is 0 Å². The average molecular weight is 137 g/mol. The summed E-state index contributed by atoms with van der Waals surface area (Å²) < 4.78 is 0. The van der Waals surface area contributed by atoms with Gasteiger partial charge in [0, 0.05) is 0 Å². The topological polar surface area (TPSA) is 0 Å². The lowest BCUT2D eigenvalue weighted by Crippen LogP contribution is -0.799. The summed E-state index contributed by atoms with van der Waals surface area (Å²) >= 11 is 0. The zero-order valence-corrected chi connectivity index (χ0v) is 5.94. The average Bonchev–Trinajstić information content (AvgIpc) is 1.76.